The Morgan fingerprint density at radius 3 is 2.82 bits per heavy atom. The summed E-state index contributed by atoms with van der Waals surface area (Å²) in [4.78, 5) is 24.1. The summed E-state index contributed by atoms with van der Waals surface area (Å²) in [5, 5.41) is 7.28. The molecule has 4 aromatic rings. The zero-order valence-electron chi connectivity index (χ0n) is 15.5. The first-order valence-corrected chi connectivity index (χ1v) is 10.3. The monoisotopic (exact) mass is 390 g/mol. The second-order valence-corrected chi connectivity index (χ2v) is 7.67. The molecule has 0 unspecified atom stereocenters. The van der Waals surface area contributed by atoms with Gasteiger partial charge >= 0.3 is 0 Å². The molecule has 4 rings (SSSR count). The molecule has 5 nitrogen and oxygen atoms in total. The molecule has 0 aliphatic rings. The number of hydrogen-bond donors (Lipinski definition) is 2. The topological polar surface area (TPSA) is 70.7 Å². The molecule has 0 aliphatic carbocycles. The highest BCUT2D eigenvalue weighted by molar-refractivity contribution is 7.09. The minimum atomic E-state index is 0.0193. The lowest BCUT2D eigenvalue weighted by molar-refractivity contribution is -0.120. The van der Waals surface area contributed by atoms with Crippen LogP contribution < -0.4 is 5.32 Å². The molecule has 142 valence electrons. The highest BCUT2D eigenvalue weighted by atomic mass is 32.1. The van der Waals surface area contributed by atoms with Crippen molar-refractivity contribution in [3.8, 4) is 0 Å². The maximum atomic E-state index is 12.2. The van der Waals surface area contributed by atoms with Crippen molar-refractivity contribution in [2.75, 3.05) is 6.54 Å². The maximum Gasteiger partial charge on any atom is 0.226 e. The van der Waals surface area contributed by atoms with Crippen molar-refractivity contribution in [1.29, 1.82) is 0 Å². The number of benzene rings is 1. The molecule has 0 bridgehead atoms. The van der Waals surface area contributed by atoms with E-state index in [-0.39, 0.29) is 5.91 Å². The number of aromatic nitrogens is 3. The van der Waals surface area contributed by atoms with E-state index < -0.39 is 0 Å². The van der Waals surface area contributed by atoms with Crippen LogP contribution in [0.15, 0.2) is 60.4 Å². The Bertz CT molecular complexity index is 1050. The predicted molar refractivity (Wildman–Crippen MR) is 112 cm³/mol. The van der Waals surface area contributed by atoms with Crippen molar-refractivity contribution >= 4 is 28.1 Å². The first-order chi connectivity index (χ1) is 13.8. The molecule has 0 saturated heterocycles. The fourth-order valence-corrected chi connectivity index (χ4v) is 4.05. The SMILES string of the molecule is O=C(Cc1csc(CCc2ccncc2)n1)NCCc1c[nH]c2ccccc12. The van der Waals surface area contributed by atoms with Gasteiger partial charge in [-0.3, -0.25) is 9.78 Å². The molecular weight excluding hydrogens is 368 g/mol. The zero-order valence-corrected chi connectivity index (χ0v) is 16.3. The van der Waals surface area contributed by atoms with Crippen molar-refractivity contribution < 1.29 is 4.79 Å². The van der Waals surface area contributed by atoms with Crippen molar-refractivity contribution in [3.05, 3.63) is 82.2 Å². The van der Waals surface area contributed by atoms with Crippen LogP contribution in [0, 0.1) is 0 Å². The summed E-state index contributed by atoms with van der Waals surface area (Å²) in [5.74, 6) is 0.0193. The van der Waals surface area contributed by atoms with Crippen molar-refractivity contribution in [2.45, 2.75) is 25.7 Å². The minimum Gasteiger partial charge on any atom is -0.361 e. The van der Waals surface area contributed by atoms with Gasteiger partial charge < -0.3 is 10.3 Å². The van der Waals surface area contributed by atoms with Crippen molar-refractivity contribution in [2.24, 2.45) is 0 Å². The van der Waals surface area contributed by atoms with Gasteiger partial charge in [-0.1, -0.05) is 18.2 Å². The van der Waals surface area contributed by atoms with Crippen LogP contribution in [0.1, 0.15) is 21.8 Å². The summed E-state index contributed by atoms with van der Waals surface area (Å²) in [6, 6.07) is 12.3. The van der Waals surface area contributed by atoms with Gasteiger partial charge in [-0.2, -0.15) is 0 Å². The lowest BCUT2D eigenvalue weighted by Crippen LogP contribution is -2.27. The number of fused-ring (bicyclic) bond motifs is 1. The van der Waals surface area contributed by atoms with Crippen LogP contribution in [0.25, 0.3) is 10.9 Å². The Hall–Kier alpha value is -2.99. The second-order valence-electron chi connectivity index (χ2n) is 6.72. The molecule has 0 aliphatic heterocycles. The van der Waals surface area contributed by atoms with E-state index >= 15 is 0 Å². The fourth-order valence-electron chi connectivity index (χ4n) is 3.25. The number of aryl methyl sites for hydroxylation is 2. The summed E-state index contributed by atoms with van der Waals surface area (Å²) in [6.07, 6.45) is 8.60. The van der Waals surface area contributed by atoms with Crippen LogP contribution in [0.2, 0.25) is 0 Å². The largest absolute Gasteiger partial charge is 0.361 e. The Balaban J connectivity index is 1.23. The van der Waals surface area contributed by atoms with Crippen LogP contribution in [-0.2, 0) is 30.5 Å². The van der Waals surface area contributed by atoms with E-state index in [1.165, 1.54) is 16.5 Å². The molecule has 0 saturated carbocycles. The van der Waals surface area contributed by atoms with Crippen molar-refractivity contribution in [1.82, 2.24) is 20.3 Å². The Morgan fingerprint density at radius 2 is 1.93 bits per heavy atom. The number of H-pyrrole nitrogens is 1. The molecule has 0 atom stereocenters. The third-order valence-corrected chi connectivity index (χ3v) is 5.67. The van der Waals surface area contributed by atoms with E-state index in [1.807, 2.05) is 48.2 Å². The Kier molecular flexibility index (Phi) is 5.77. The third kappa shape index (κ3) is 4.64. The minimum absolute atomic E-state index is 0.0193. The van der Waals surface area contributed by atoms with E-state index in [1.54, 1.807) is 11.3 Å². The highest BCUT2D eigenvalue weighted by Gasteiger charge is 2.09. The van der Waals surface area contributed by atoms with Gasteiger partial charge in [0.2, 0.25) is 5.91 Å². The molecule has 6 heteroatoms. The van der Waals surface area contributed by atoms with E-state index in [0.29, 0.717) is 13.0 Å². The number of carbonyl (C=O) groups excluding carboxylic acids is 1. The van der Waals surface area contributed by atoms with Crippen LogP contribution in [0.3, 0.4) is 0 Å². The Morgan fingerprint density at radius 1 is 1.07 bits per heavy atom. The molecular formula is C22H22N4OS. The van der Waals surface area contributed by atoms with Crippen LogP contribution in [-0.4, -0.2) is 27.4 Å². The Labute approximate surface area is 167 Å². The van der Waals surface area contributed by atoms with Gasteiger partial charge in [0.05, 0.1) is 17.1 Å². The molecule has 0 fully saturated rings. The van der Waals surface area contributed by atoms with Gasteiger partial charge in [-0.05, 0) is 42.2 Å². The van der Waals surface area contributed by atoms with Crippen LogP contribution in [0.5, 0.6) is 0 Å². The number of amides is 1. The predicted octanol–water partition coefficient (Wildman–Crippen LogP) is 3.71. The zero-order chi connectivity index (χ0) is 19.2. The van der Waals surface area contributed by atoms with E-state index in [9.17, 15) is 4.79 Å². The second kappa shape index (κ2) is 8.80. The molecule has 28 heavy (non-hydrogen) atoms. The quantitative estimate of drug-likeness (QED) is 0.482. The number of nitrogens with one attached hydrogen (secondary N) is 2. The molecule has 2 N–H and O–H groups in total. The van der Waals surface area contributed by atoms with Gasteiger partial charge in [-0.25, -0.2) is 4.98 Å². The smallest absolute Gasteiger partial charge is 0.226 e. The number of rotatable bonds is 8. The van der Waals surface area contributed by atoms with Crippen LogP contribution >= 0.6 is 11.3 Å². The summed E-state index contributed by atoms with van der Waals surface area (Å²) >= 11 is 1.62. The van der Waals surface area contributed by atoms with Gasteiger partial charge in [0, 0.05) is 47.8 Å². The average molecular weight is 391 g/mol. The molecule has 0 spiro atoms. The molecule has 3 aromatic heterocycles. The van der Waals surface area contributed by atoms with E-state index in [4.69, 9.17) is 0 Å². The van der Waals surface area contributed by atoms with E-state index in [2.05, 4.69) is 32.4 Å². The summed E-state index contributed by atoms with van der Waals surface area (Å²) in [7, 11) is 0. The van der Waals surface area contributed by atoms with Gasteiger partial charge in [0.25, 0.3) is 0 Å². The highest BCUT2D eigenvalue weighted by Crippen LogP contribution is 2.18. The molecule has 3 heterocycles. The number of carbonyl (C=O) groups is 1. The molecule has 1 aromatic carbocycles. The number of nitrogens with zero attached hydrogens (tertiary/aromatic N) is 2. The summed E-state index contributed by atoms with van der Waals surface area (Å²) in [5.41, 5.74) is 4.45. The first-order valence-electron chi connectivity index (χ1n) is 9.42. The lowest BCUT2D eigenvalue weighted by Gasteiger charge is -2.03. The third-order valence-electron chi connectivity index (χ3n) is 4.71. The molecule has 1 amide bonds. The standard InChI is InChI=1S/C22H22N4OS/c27-21(24-12-9-17-14-25-20-4-2-1-3-19(17)20)13-18-15-28-22(26-18)6-5-16-7-10-23-11-8-16/h1-4,7-8,10-11,14-15,25H,5-6,9,12-13H2,(H,24,27). The number of pyridine rings is 1. The van der Waals surface area contributed by atoms with Gasteiger partial charge in [0.15, 0.2) is 0 Å². The van der Waals surface area contributed by atoms with Gasteiger partial charge in [0.1, 0.15) is 0 Å². The number of thiazole rings is 1. The first kappa shape index (κ1) is 18.4. The normalized spacial score (nSPS) is 11.0. The number of aromatic amines is 1. The van der Waals surface area contributed by atoms with Crippen molar-refractivity contribution in [3.63, 3.8) is 0 Å². The molecule has 0 radical (unpaired) electrons. The maximum absolute atomic E-state index is 12.2. The number of para-hydroxylation sites is 1. The lowest BCUT2D eigenvalue weighted by atomic mass is 10.1. The average Bonchev–Trinajstić information content (AvgIpc) is 3.34. The fraction of sp³-hybridized carbons (Fsp3) is 0.227. The van der Waals surface area contributed by atoms with Crippen LogP contribution in [0.4, 0.5) is 0 Å². The summed E-state index contributed by atoms with van der Waals surface area (Å²) in [6.45, 7) is 0.625. The summed E-state index contributed by atoms with van der Waals surface area (Å²) < 4.78 is 0. The number of hydrogen-bond acceptors (Lipinski definition) is 4. The van der Waals surface area contributed by atoms with E-state index in [0.717, 1.165) is 35.5 Å². The van der Waals surface area contributed by atoms with Gasteiger partial charge in [-0.15, -0.1) is 11.3 Å².